The molecule has 0 saturated carbocycles. The summed E-state index contributed by atoms with van der Waals surface area (Å²) in [5, 5.41) is 8.59. The summed E-state index contributed by atoms with van der Waals surface area (Å²) in [4.78, 5) is 12.7. The van der Waals surface area contributed by atoms with Gasteiger partial charge in [-0.05, 0) is 38.1 Å². The van der Waals surface area contributed by atoms with Gasteiger partial charge in [0.25, 0.3) is 5.56 Å². The molecule has 2 aromatic carbocycles. The second kappa shape index (κ2) is 6.92. The second-order valence-electron chi connectivity index (χ2n) is 6.06. The van der Waals surface area contributed by atoms with Crippen molar-refractivity contribution in [2.45, 2.75) is 13.8 Å². The van der Waals surface area contributed by atoms with Gasteiger partial charge < -0.3 is 9.26 Å². The average Bonchev–Trinajstić information content (AvgIpc) is 3.02. The standard InChI is InChI=1S/C21H17N3O3/c1-14-20(15(2)27-23-14)21-18(26-17-11-7-4-8-12-17)13-19(25)24(22-21)16-9-5-3-6-10-16/h3-13H,1-2H3. The topological polar surface area (TPSA) is 70.2 Å². The van der Waals surface area contributed by atoms with E-state index in [4.69, 9.17) is 9.26 Å². The molecule has 134 valence electrons. The van der Waals surface area contributed by atoms with Gasteiger partial charge >= 0.3 is 0 Å². The Morgan fingerprint density at radius 1 is 0.963 bits per heavy atom. The Labute approximate surface area is 155 Å². The molecule has 0 atom stereocenters. The van der Waals surface area contributed by atoms with E-state index in [-0.39, 0.29) is 5.56 Å². The normalized spacial score (nSPS) is 10.7. The molecule has 0 amide bonds. The molecule has 2 heterocycles. The molecule has 0 bridgehead atoms. The van der Waals surface area contributed by atoms with Crippen molar-refractivity contribution in [3.05, 3.63) is 88.5 Å². The first-order valence-electron chi connectivity index (χ1n) is 8.49. The fourth-order valence-corrected chi connectivity index (χ4v) is 2.88. The number of hydrogen-bond acceptors (Lipinski definition) is 5. The fourth-order valence-electron chi connectivity index (χ4n) is 2.88. The first kappa shape index (κ1) is 16.8. The van der Waals surface area contributed by atoms with Crippen LogP contribution >= 0.6 is 0 Å². The third kappa shape index (κ3) is 3.25. The smallest absolute Gasteiger partial charge is 0.275 e. The summed E-state index contributed by atoms with van der Waals surface area (Å²) in [6.07, 6.45) is 0. The van der Waals surface area contributed by atoms with Crippen LogP contribution in [0.2, 0.25) is 0 Å². The van der Waals surface area contributed by atoms with Crippen LogP contribution in [0.4, 0.5) is 0 Å². The number of para-hydroxylation sites is 2. The van der Waals surface area contributed by atoms with Crippen molar-refractivity contribution in [1.82, 2.24) is 14.9 Å². The van der Waals surface area contributed by atoms with E-state index in [0.717, 1.165) is 0 Å². The lowest BCUT2D eigenvalue weighted by molar-refractivity contribution is 0.393. The quantitative estimate of drug-likeness (QED) is 0.543. The van der Waals surface area contributed by atoms with E-state index in [1.165, 1.54) is 10.7 Å². The van der Waals surface area contributed by atoms with Gasteiger partial charge in [0.2, 0.25) is 0 Å². The number of hydrogen-bond donors (Lipinski definition) is 0. The molecule has 0 saturated heterocycles. The van der Waals surface area contributed by atoms with Gasteiger partial charge in [-0.3, -0.25) is 4.79 Å². The van der Waals surface area contributed by atoms with Crippen LogP contribution in [-0.2, 0) is 0 Å². The molecular formula is C21H17N3O3. The highest BCUT2D eigenvalue weighted by molar-refractivity contribution is 5.70. The maximum absolute atomic E-state index is 12.7. The van der Waals surface area contributed by atoms with Crippen LogP contribution in [0.5, 0.6) is 11.5 Å². The van der Waals surface area contributed by atoms with Crippen molar-refractivity contribution in [2.75, 3.05) is 0 Å². The molecule has 4 rings (SSSR count). The van der Waals surface area contributed by atoms with Crippen LogP contribution in [0.3, 0.4) is 0 Å². The van der Waals surface area contributed by atoms with Crippen LogP contribution < -0.4 is 10.3 Å². The van der Waals surface area contributed by atoms with E-state index < -0.39 is 0 Å². The molecule has 2 aromatic heterocycles. The van der Waals surface area contributed by atoms with E-state index in [0.29, 0.717) is 39.9 Å². The maximum Gasteiger partial charge on any atom is 0.275 e. The number of benzene rings is 2. The van der Waals surface area contributed by atoms with Gasteiger partial charge in [-0.2, -0.15) is 9.78 Å². The minimum atomic E-state index is -0.289. The largest absolute Gasteiger partial charge is 0.455 e. The lowest BCUT2D eigenvalue weighted by atomic mass is 10.1. The minimum absolute atomic E-state index is 0.289. The van der Waals surface area contributed by atoms with Crippen LogP contribution in [0.25, 0.3) is 16.9 Å². The molecule has 0 unspecified atom stereocenters. The van der Waals surface area contributed by atoms with E-state index in [1.807, 2.05) is 67.6 Å². The van der Waals surface area contributed by atoms with Crippen LogP contribution in [0.15, 0.2) is 76.0 Å². The lowest BCUT2D eigenvalue weighted by Gasteiger charge is -2.13. The number of aryl methyl sites for hydroxylation is 2. The van der Waals surface area contributed by atoms with Crippen LogP contribution in [0.1, 0.15) is 11.5 Å². The van der Waals surface area contributed by atoms with Gasteiger partial charge in [0.1, 0.15) is 17.2 Å². The fraction of sp³-hybridized carbons (Fsp3) is 0.0952. The molecule has 27 heavy (non-hydrogen) atoms. The van der Waals surface area contributed by atoms with Gasteiger partial charge in [0.05, 0.1) is 23.0 Å². The van der Waals surface area contributed by atoms with Crippen molar-refractivity contribution < 1.29 is 9.26 Å². The second-order valence-corrected chi connectivity index (χ2v) is 6.06. The zero-order chi connectivity index (χ0) is 18.8. The van der Waals surface area contributed by atoms with Gasteiger partial charge in [0.15, 0.2) is 5.75 Å². The number of ether oxygens (including phenoxy) is 1. The molecule has 0 radical (unpaired) electrons. The third-order valence-corrected chi connectivity index (χ3v) is 4.14. The SMILES string of the molecule is Cc1noc(C)c1-c1nn(-c2ccccc2)c(=O)cc1Oc1ccccc1. The molecule has 0 aliphatic rings. The van der Waals surface area contributed by atoms with Gasteiger partial charge in [-0.25, -0.2) is 0 Å². The number of nitrogens with zero attached hydrogens (tertiary/aromatic N) is 3. The Kier molecular flexibility index (Phi) is 4.30. The molecule has 4 aromatic rings. The summed E-state index contributed by atoms with van der Waals surface area (Å²) in [7, 11) is 0. The van der Waals surface area contributed by atoms with Gasteiger partial charge in [0, 0.05) is 0 Å². The Hall–Kier alpha value is -3.67. The molecule has 0 spiro atoms. The first-order chi connectivity index (χ1) is 13.1. The van der Waals surface area contributed by atoms with E-state index in [1.54, 1.807) is 6.92 Å². The van der Waals surface area contributed by atoms with Crippen molar-refractivity contribution >= 4 is 0 Å². The zero-order valence-electron chi connectivity index (χ0n) is 14.9. The third-order valence-electron chi connectivity index (χ3n) is 4.14. The summed E-state index contributed by atoms with van der Waals surface area (Å²) in [6.45, 7) is 3.64. The van der Waals surface area contributed by atoms with Crippen molar-refractivity contribution in [1.29, 1.82) is 0 Å². The van der Waals surface area contributed by atoms with Crippen LogP contribution in [-0.4, -0.2) is 14.9 Å². The van der Waals surface area contributed by atoms with Gasteiger partial charge in [-0.15, -0.1) is 0 Å². The van der Waals surface area contributed by atoms with E-state index in [9.17, 15) is 4.79 Å². The number of rotatable bonds is 4. The minimum Gasteiger partial charge on any atom is -0.455 e. The first-order valence-corrected chi connectivity index (χ1v) is 8.49. The summed E-state index contributed by atoms with van der Waals surface area (Å²) in [6, 6.07) is 19.9. The highest BCUT2D eigenvalue weighted by Gasteiger charge is 2.21. The summed E-state index contributed by atoms with van der Waals surface area (Å²) in [5.41, 5.74) is 2.27. The Bertz CT molecular complexity index is 1110. The predicted octanol–water partition coefficient (Wildman–Crippen LogP) is 4.30. The summed E-state index contributed by atoms with van der Waals surface area (Å²) < 4.78 is 12.6. The highest BCUT2D eigenvalue weighted by Crippen LogP contribution is 2.34. The zero-order valence-corrected chi connectivity index (χ0v) is 14.9. The van der Waals surface area contributed by atoms with Gasteiger partial charge in [-0.1, -0.05) is 41.6 Å². The molecule has 6 nitrogen and oxygen atoms in total. The Balaban J connectivity index is 1.93. The Morgan fingerprint density at radius 2 is 1.63 bits per heavy atom. The maximum atomic E-state index is 12.7. The molecule has 0 aliphatic heterocycles. The molecule has 0 N–H and O–H groups in total. The molecule has 0 aliphatic carbocycles. The van der Waals surface area contributed by atoms with Crippen molar-refractivity contribution in [3.63, 3.8) is 0 Å². The Morgan fingerprint density at radius 3 is 2.26 bits per heavy atom. The van der Waals surface area contributed by atoms with Crippen molar-refractivity contribution in [2.24, 2.45) is 0 Å². The number of aromatic nitrogens is 3. The highest BCUT2D eigenvalue weighted by atomic mass is 16.5. The molecular weight excluding hydrogens is 342 g/mol. The monoisotopic (exact) mass is 359 g/mol. The average molecular weight is 359 g/mol. The summed E-state index contributed by atoms with van der Waals surface area (Å²) >= 11 is 0. The summed E-state index contributed by atoms with van der Waals surface area (Å²) in [5.74, 6) is 1.58. The van der Waals surface area contributed by atoms with Crippen LogP contribution in [0, 0.1) is 13.8 Å². The predicted molar refractivity (Wildman–Crippen MR) is 101 cm³/mol. The molecule has 6 heteroatoms. The van der Waals surface area contributed by atoms with E-state index in [2.05, 4.69) is 10.3 Å². The van der Waals surface area contributed by atoms with E-state index >= 15 is 0 Å². The van der Waals surface area contributed by atoms with Crippen molar-refractivity contribution in [3.8, 4) is 28.4 Å². The molecule has 0 fully saturated rings. The lowest BCUT2D eigenvalue weighted by Crippen LogP contribution is -2.21.